The second-order valence-corrected chi connectivity index (χ2v) is 14.9. The molecule has 15 heteroatoms. The summed E-state index contributed by atoms with van der Waals surface area (Å²) in [5.41, 5.74) is 2.71. The third-order valence-corrected chi connectivity index (χ3v) is 11.7. The van der Waals surface area contributed by atoms with E-state index in [0.717, 1.165) is 67.6 Å². The molecule has 0 bridgehead atoms. The van der Waals surface area contributed by atoms with E-state index < -0.39 is 27.7 Å². The molecule has 1 saturated carbocycles. The number of aryl methyl sites for hydroxylation is 1. The Balaban J connectivity index is 0.00000312. The van der Waals surface area contributed by atoms with Gasteiger partial charge in [0.15, 0.2) is 0 Å². The van der Waals surface area contributed by atoms with Gasteiger partial charge in [-0.3, -0.25) is 14.5 Å². The van der Waals surface area contributed by atoms with Crippen LogP contribution in [-0.2, 0) is 26.2 Å². The van der Waals surface area contributed by atoms with Gasteiger partial charge in [0.05, 0.1) is 29.0 Å². The van der Waals surface area contributed by atoms with Crippen molar-refractivity contribution >= 4 is 46.7 Å². The van der Waals surface area contributed by atoms with Crippen molar-refractivity contribution in [1.82, 2.24) is 29.6 Å². The van der Waals surface area contributed by atoms with E-state index in [4.69, 9.17) is 10.2 Å². The van der Waals surface area contributed by atoms with Crippen molar-refractivity contribution in [2.75, 3.05) is 32.8 Å². The standard InChI is InChI=1S/C33H50N6O6S.2ClH/c1-4-5-18-38-31(42)29(30(41)25-9-7-6-8-10-25)35-32(43)33(38)15-19-37(20-16-33)22-28-23(2)36-39(24(28)3)26-11-13-27(14-12-26)46(44,45)34-17-21-40;;/h11-14,25,29-30,34,40-41H,4-10,15-22H2,1-3H3,(H,35,43);2*1H/t29-,30-;;/m1../s1. The van der Waals surface area contributed by atoms with Gasteiger partial charge >= 0.3 is 0 Å². The molecule has 12 nitrogen and oxygen atoms in total. The van der Waals surface area contributed by atoms with Gasteiger partial charge in [-0.2, -0.15) is 5.10 Å². The van der Waals surface area contributed by atoms with Crippen LogP contribution in [0.1, 0.15) is 81.7 Å². The van der Waals surface area contributed by atoms with Crippen LogP contribution in [0.4, 0.5) is 0 Å². The average molecular weight is 732 g/mol. The van der Waals surface area contributed by atoms with Crippen LogP contribution in [0.15, 0.2) is 29.2 Å². The number of rotatable bonds is 12. The number of aromatic nitrogens is 2. The van der Waals surface area contributed by atoms with E-state index in [-0.39, 0.29) is 60.6 Å². The van der Waals surface area contributed by atoms with Crippen molar-refractivity contribution in [2.24, 2.45) is 5.92 Å². The number of carbonyl (C=O) groups is 2. The number of sulfonamides is 1. The molecule has 1 spiro atoms. The van der Waals surface area contributed by atoms with E-state index in [2.05, 4.69) is 21.9 Å². The summed E-state index contributed by atoms with van der Waals surface area (Å²) < 4.78 is 29.0. The Hall–Kier alpha value is -2.26. The second-order valence-electron chi connectivity index (χ2n) is 13.2. The minimum absolute atomic E-state index is 0. The number of amides is 2. The van der Waals surface area contributed by atoms with Gasteiger partial charge in [0.1, 0.15) is 11.6 Å². The number of benzene rings is 1. The third kappa shape index (κ3) is 8.20. The molecular weight excluding hydrogens is 679 g/mol. The first-order valence-corrected chi connectivity index (χ1v) is 18.3. The van der Waals surface area contributed by atoms with Crippen molar-refractivity contribution in [3.63, 3.8) is 0 Å². The summed E-state index contributed by atoms with van der Waals surface area (Å²) in [6.07, 6.45) is 6.93. The molecule has 1 aromatic carbocycles. The smallest absolute Gasteiger partial charge is 0.248 e. The fraction of sp³-hybridized carbons (Fsp3) is 0.667. The van der Waals surface area contributed by atoms with Crippen molar-refractivity contribution in [2.45, 2.75) is 108 Å². The molecule has 2 aromatic rings. The molecular formula is C33H52Cl2N6O6S. The summed E-state index contributed by atoms with van der Waals surface area (Å²) in [7, 11) is -3.71. The van der Waals surface area contributed by atoms with Gasteiger partial charge in [-0.1, -0.05) is 32.6 Å². The Labute approximate surface area is 296 Å². The maximum absolute atomic E-state index is 13.9. The summed E-state index contributed by atoms with van der Waals surface area (Å²) >= 11 is 0. The number of nitrogens with zero attached hydrogens (tertiary/aromatic N) is 4. The lowest BCUT2D eigenvalue weighted by atomic mass is 9.78. The maximum atomic E-state index is 13.9. The van der Waals surface area contributed by atoms with Crippen LogP contribution in [0.5, 0.6) is 0 Å². The summed E-state index contributed by atoms with van der Waals surface area (Å²) in [4.78, 5) is 32.0. The molecule has 3 heterocycles. The van der Waals surface area contributed by atoms with E-state index >= 15 is 0 Å². The highest BCUT2D eigenvalue weighted by atomic mass is 35.5. The number of unbranched alkanes of at least 4 members (excludes halogenated alkanes) is 1. The third-order valence-electron chi connectivity index (χ3n) is 10.3. The Morgan fingerprint density at radius 1 is 1.06 bits per heavy atom. The van der Waals surface area contributed by atoms with Crippen LogP contribution >= 0.6 is 24.8 Å². The lowest BCUT2D eigenvalue weighted by Gasteiger charge is -2.52. The fourth-order valence-corrected chi connectivity index (χ4v) is 8.47. The summed E-state index contributed by atoms with van der Waals surface area (Å²) in [5, 5.41) is 27.9. The molecule has 0 unspecified atom stereocenters. The van der Waals surface area contributed by atoms with Gasteiger partial charge in [0.2, 0.25) is 21.8 Å². The fourth-order valence-electron chi connectivity index (χ4n) is 7.45. The van der Waals surface area contributed by atoms with Crippen molar-refractivity contribution in [1.29, 1.82) is 0 Å². The number of hydrogen-bond donors (Lipinski definition) is 4. The molecule has 1 aliphatic carbocycles. The first kappa shape index (κ1) is 40.2. The van der Waals surface area contributed by atoms with Gasteiger partial charge in [0, 0.05) is 44.0 Å². The normalized spacial score (nSPS) is 21.0. The van der Waals surface area contributed by atoms with Gasteiger partial charge < -0.3 is 20.4 Å². The van der Waals surface area contributed by atoms with E-state index in [1.54, 1.807) is 17.0 Å². The first-order valence-electron chi connectivity index (χ1n) is 16.8. The Kier molecular flexibility index (Phi) is 14.3. The van der Waals surface area contributed by atoms with Gasteiger partial charge in [0.25, 0.3) is 0 Å². The van der Waals surface area contributed by atoms with Crippen LogP contribution in [0.25, 0.3) is 5.69 Å². The van der Waals surface area contributed by atoms with E-state index in [1.165, 1.54) is 12.1 Å². The minimum Gasteiger partial charge on any atom is -0.395 e. The van der Waals surface area contributed by atoms with Gasteiger partial charge in [-0.05, 0) is 76.1 Å². The highest BCUT2D eigenvalue weighted by Gasteiger charge is 2.55. The molecule has 2 aliphatic heterocycles. The lowest BCUT2D eigenvalue weighted by Crippen LogP contribution is -2.75. The van der Waals surface area contributed by atoms with Crippen molar-refractivity contribution < 1.29 is 28.2 Å². The predicted molar refractivity (Wildman–Crippen MR) is 188 cm³/mol. The Morgan fingerprint density at radius 2 is 1.71 bits per heavy atom. The number of halogens is 2. The number of aliphatic hydroxyl groups is 2. The van der Waals surface area contributed by atoms with Crippen molar-refractivity contribution in [3.8, 4) is 5.69 Å². The Morgan fingerprint density at radius 3 is 2.31 bits per heavy atom. The first-order chi connectivity index (χ1) is 22.0. The molecule has 5 rings (SSSR count). The monoisotopic (exact) mass is 730 g/mol. The number of piperazine rings is 1. The van der Waals surface area contributed by atoms with E-state index in [9.17, 15) is 23.1 Å². The number of nitrogens with one attached hydrogen (secondary N) is 2. The molecule has 1 aromatic heterocycles. The summed E-state index contributed by atoms with van der Waals surface area (Å²) in [6, 6.07) is 5.59. The molecule has 270 valence electrons. The van der Waals surface area contributed by atoms with Crippen LogP contribution in [0.2, 0.25) is 0 Å². The molecule has 0 radical (unpaired) electrons. The maximum Gasteiger partial charge on any atom is 0.248 e. The van der Waals surface area contributed by atoms with E-state index in [1.807, 2.05) is 18.5 Å². The summed E-state index contributed by atoms with van der Waals surface area (Å²) in [5.74, 6) is -0.241. The zero-order valence-corrected chi connectivity index (χ0v) is 30.6. The molecule has 2 amide bonds. The lowest BCUT2D eigenvalue weighted by molar-refractivity contribution is -0.166. The molecule has 4 N–H and O–H groups in total. The highest BCUT2D eigenvalue weighted by molar-refractivity contribution is 7.89. The van der Waals surface area contributed by atoms with Crippen LogP contribution in [-0.4, -0.2) is 100 Å². The van der Waals surface area contributed by atoms with Crippen LogP contribution in [0, 0.1) is 19.8 Å². The number of aliphatic hydroxyl groups excluding tert-OH is 2. The zero-order chi connectivity index (χ0) is 33.1. The molecule has 48 heavy (non-hydrogen) atoms. The molecule has 3 aliphatic rings. The van der Waals surface area contributed by atoms with Crippen molar-refractivity contribution in [3.05, 3.63) is 41.2 Å². The van der Waals surface area contributed by atoms with Gasteiger partial charge in [-0.15, -0.1) is 24.8 Å². The topological polar surface area (TPSA) is 157 Å². The number of piperidine rings is 1. The molecule has 2 saturated heterocycles. The second kappa shape index (κ2) is 17.1. The molecule has 3 fully saturated rings. The predicted octanol–water partition coefficient (Wildman–Crippen LogP) is 3.01. The SMILES string of the molecule is CCCCN1C(=O)[C@@H]([C@H](O)C2CCCCC2)NC(=O)C12CCN(Cc1c(C)nn(-c3ccc(S(=O)(=O)NCCO)cc3)c1C)CC2.Cl.Cl. The highest BCUT2D eigenvalue weighted by Crippen LogP contribution is 2.37. The van der Waals surface area contributed by atoms with Crippen LogP contribution in [0.3, 0.4) is 0 Å². The molecule has 2 atom stereocenters. The zero-order valence-electron chi connectivity index (χ0n) is 28.2. The number of likely N-dealkylation sites (tertiary alicyclic amines) is 1. The number of carbonyl (C=O) groups excluding carboxylic acids is 2. The quantitative estimate of drug-likeness (QED) is 0.260. The number of hydrogen-bond acceptors (Lipinski definition) is 8. The van der Waals surface area contributed by atoms with Crippen LogP contribution < -0.4 is 10.0 Å². The minimum atomic E-state index is -3.71. The summed E-state index contributed by atoms with van der Waals surface area (Å²) in [6.45, 7) is 8.12. The average Bonchev–Trinajstić information content (AvgIpc) is 3.35. The van der Waals surface area contributed by atoms with Gasteiger partial charge in [-0.25, -0.2) is 17.8 Å². The Bertz CT molecular complexity index is 1490. The van der Waals surface area contributed by atoms with E-state index in [0.29, 0.717) is 39.0 Å². The largest absolute Gasteiger partial charge is 0.395 e.